The Balaban J connectivity index is 2.40. The summed E-state index contributed by atoms with van der Waals surface area (Å²) in [6.07, 6.45) is -4.64. The minimum Gasteiger partial charge on any atom is -0.353 e. The van der Waals surface area contributed by atoms with Crippen molar-refractivity contribution in [3.63, 3.8) is 0 Å². The maximum atomic E-state index is 13.0. The fourth-order valence-electron chi connectivity index (χ4n) is 1.89. The second-order valence-electron chi connectivity index (χ2n) is 5.29. The predicted octanol–water partition coefficient (Wildman–Crippen LogP) is 3.65. The Labute approximate surface area is 135 Å². The summed E-state index contributed by atoms with van der Waals surface area (Å²) >= 11 is 0.990. The van der Waals surface area contributed by atoms with Crippen LogP contribution in [0.4, 0.5) is 13.2 Å². The summed E-state index contributed by atoms with van der Waals surface area (Å²) in [5.74, 6) is -1.45. The van der Waals surface area contributed by atoms with E-state index in [1.165, 1.54) is 6.07 Å². The van der Waals surface area contributed by atoms with Crippen LogP contribution in [-0.4, -0.2) is 27.2 Å². The fourth-order valence-corrected chi connectivity index (χ4v) is 2.84. The number of carbonyl (C=O) groups is 1. The summed E-state index contributed by atoms with van der Waals surface area (Å²) < 4.78 is 38.9. The van der Waals surface area contributed by atoms with Gasteiger partial charge in [-0.25, -0.2) is 9.97 Å². The molecule has 1 aromatic carbocycles. The second-order valence-corrected chi connectivity index (χ2v) is 6.62. The van der Waals surface area contributed by atoms with E-state index < -0.39 is 17.3 Å². The Bertz CT molecular complexity index is 719. The minimum atomic E-state index is -4.64. The zero-order chi connectivity index (χ0) is 17.2. The molecule has 0 radical (unpaired) electrons. The molecule has 0 spiro atoms. The molecule has 1 N–H and O–H groups in total. The van der Waals surface area contributed by atoms with Crippen LogP contribution in [0, 0.1) is 0 Å². The number of halogens is 3. The molecule has 2 rings (SSSR count). The van der Waals surface area contributed by atoms with E-state index in [-0.39, 0.29) is 22.5 Å². The Morgan fingerprint density at radius 1 is 1.17 bits per heavy atom. The largest absolute Gasteiger partial charge is 0.451 e. The van der Waals surface area contributed by atoms with Gasteiger partial charge in [0.05, 0.1) is 10.8 Å². The number of thioether (sulfide) groups is 1. The average molecular weight is 343 g/mol. The highest BCUT2D eigenvalue weighted by molar-refractivity contribution is 8.00. The van der Waals surface area contributed by atoms with Crippen molar-refractivity contribution < 1.29 is 18.0 Å². The third-order valence-corrected chi connectivity index (χ3v) is 4.01. The Hall–Kier alpha value is -1.83. The molecule has 0 aliphatic rings. The Morgan fingerprint density at radius 3 is 2.43 bits per heavy atom. The number of aromatic nitrogens is 2. The molecule has 124 valence electrons. The van der Waals surface area contributed by atoms with Crippen molar-refractivity contribution >= 4 is 28.6 Å². The molecule has 0 aliphatic carbocycles. The average Bonchev–Trinajstić information content (AvgIpc) is 2.45. The number of para-hydroxylation sites is 1. The van der Waals surface area contributed by atoms with Crippen LogP contribution in [0.2, 0.25) is 0 Å². The molecule has 0 bridgehead atoms. The quantitative estimate of drug-likeness (QED) is 0.680. The number of benzene rings is 1. The van der Waals surface area contributed by atoms with Gasteiger partial charge in [-0.1, -0.05) is 30.0 Å². The SMILES string of the molecule is CC(C)NC(=O)C(C)Sc1nc(C(F)(F)F)nc2ccccc12. The number of alkyl halides is 3. The zero-order valence-corrected chi connectivity index (χ0v) is 13.6. The van der Waals surface area contributed by atoms with Gasteiger partial charge in [0.1, 0.15) is 5.03 Å². The van der Waals surface area contributed by atoms with Crippen molar-refractivity contribution in [2.24, 2.45) is 0 Å². The van der Waals surface area contributed by atoms with Crippen LogP contribution in [-0.2, 0) is 11.0 Å². The number of hydrogen-bond donors (Lipinski definition) is 1. The van der Waals surface area contributed by atoms with Gasteiger partial charge in [-0.2, -0.15) is 13.2 Å². The van der Waals surface area contributed by atoms with Crippen LogP contribution in [0.3, 0.4) is 0 Å². The van der Waals surface area contributed by atoms with Crippen molar-refractivity contribution in [3.05, 3.63) is 30.1 Å². The van der Waals surface area contributed by atoms with Crippen molar-refractivity contribution in [1.29, 1.82) is 0 Å². The van der Waals surface area contributed by atoms with Crippen molar-refractivity contribution in [1.82, 2.24) is 15.3 Å². The highest BCUT2D eigenvalue weighted by Crippen LogP contribution is 2.33. The number of fused-ring (bicyclic) bond motifs is 1. The Morgan fingerprint density at radius 2 is 1.83 bits per heavy atom. The molecule has 0 aliphatic heterocycles. The molecule has 1 aromatic heterocycles. The molecule has 2 aromatic rings. The molecular weight excluding hydrogens is 327 g/mol. The van der Waals surface area contributed by atoms with Gasteiger partial charge >= 0.3 is 6.18 Å². The minimum absolute atomic E-state index is 0.0431. The maximum Gasteiger partial charge on any atom is 0.451 e. The predicted molar refractivity (Wildman–Crippen MR) is 83.1 cm³/mol. The number of nitrogens with one attached hydrogen (secondary N) is 1. The molecule has 8 heteroatoms. The van der Waals surface area contributed by atoms with Gasteiger partial charge in [0.15, 0.2) is 0 Å². The van der Waals surface area contributed by atoms with E-state index in [1.807, 2.05) is 13.8 Å². The smallest absolute Gasteiger partial charge is 0.353 e. The normalized spacial score (nSPS) is 13.3. The Kier molecular flexibility index (Phi) is 5.13. The van der Waals surface area contributed by atoms with E-state index in [9.17, 15) is 18.0 Å². The first-order chi connectivity index (χ1) is 10.7. The molecule has 4 nitrogen and oxygen atoms in total. The van der Waals surface area contributed by atoms with Gasteiger partial charge in [0, 0.05) is 11.4 Å². The standard InChI is InChI=1S/C15H16F3N3OS/c1-8(2)19-12(22)9(3)23-13-10-6-4-5-7-11(10)20-14(21-13)15(16,17)18/h4-9H,1-3H3,(H,19,22). The molecule has 1 atom stereocenters. The number of rotatable bonds is 4. The van der Waals surface area contributed by atoms with Gasteiger partial charge in [-0.05, 0) is 26.8 Å². The van der Waals surface area contributed by atoms with E-state index in [1.54, 1.807) is 25.1 Å². The van der Waals surface area contributed by atoms with E-state index in [2.05, 4.69) is 15.3 Å². The number of hydrogen-bond acceptors (Lipinski definition) is 4. The van der Waals surface area contributed by atoms with E-state index in [4.69, 9.17) is 0 Å². The van der Waals surface area contributed by atoms with Crippen LogP contribution in [0.15, 0.2) is 29.3 Å². The first kappa shape index (κ1) is 17.5. The van der Waals surface area contributed by atoms with Gasteiger partial charge in [-0.15, -0.1) is 0 Å². The van der Waals surface area contributed by atoms with Crippen molar-refractivity contribution in [3.8, 4) is 0 Å². The van der Waals surface area contributed by atoms with Crippen LogP contribution >= 0.6 is 11.8 Å². The first-order valence-electron chi connectivity index (χ1n) is 6.99. The van der Waals surface area contributed by atoms with Gasteiger partial charge in [-0.3, -0.25) is 4.79 Å². The first-order valence-corrected chi connectivity index (χ1v) is 7.87. The van der Waals surface area contributed by atoms with Crippen molar-refractivity contribution in [2.45, 2.75) is 43.3 Å². The monoisotopic (exact) mass is 343 g/mol. The maximum absolute atomic E-state index is 13.0. The van der Waals surface area contributed by atoms with E-state index in [0.717, 1.165) is 11.8 Å². The summed E-state index contributed by atoms with van der Waals surface area (Å²) in [5.41, 5.74) is 0.203. The molecule has 0 saturated carbocycles. The lowest BCUT2D eigenvalue weighted by atomic mass is 10.2. The van der Waals surface area contributed by atoms with E-state index >= 15 is 0 Å². The van der Waals surface area contributed by atoms with E-state index in [0.29, 0.717) is 5.39 Å². The second kappa shape index (κ2) is 6.74. The third-order valence-electron chi connectivity index (χ3n) is 2.91. The fraction of sp³-hybridized carbons (Fsp3) is 0.400. The lowest BCUT2D eigenvalue weighted by Crippen LogP contribution is -2.35. The van der Waals surface area contributed by atoms with Gasteiger partial charge in [0.25, 0.3) is 0 Å². The lowest BCUT2D eigenvalue weighted by Gasteiger charge is -2.15. The lowest BCUT2D eigenvalue weighted by molar-refractivity contribution is -0.145. The highest BCUT2D eigenvalue weighted by Gasteiger charge is 2.35. The molecular formula is C15H16F3N3OS. The molecule has 0 fully saturated rings. The number of amides is 1. The molecule has 1 amide bonds. The van der Waals surface area contributed by atoms with Crippen LogP contribution in [0.1, 0.15) is 26.6 Å². The van der Waals surface area contributed by atoms with Crippen LogP contribution < -0.4 is 5.32 Å². The number of carbonyl (C=O) groups excluding carboxylic acids is 1. The molecule has 23 heavy (non-hydrogen) atoms. The molecule has 1 heterocycles. The van der Waals surface area contributed by atoms with Gasteiger partial charge < -0.3 is 5.32 Å². The van der Waals surface area contributed by atoms with Gasteiger partial charge in [0.2, 0.25) is 11.7 Å². The van der Waals surface area contributed by atoms with Crippen molar-refractivity contribution in [2.75, 3.05) is 0 Å². The topological polar surface area (TPSA) is 54.9 Å². The van der Waals surface area contributed by atoms with Crippen LogP contribution in [0.25, 0.3) is 10.9 Å². The summed E-state index contributed by atoms with van der Waals surface area (Å²) in [5, 5.41) is 2.80. The van der Waals surface area contributed by atoms with Crippen LogP contribution in [0.5, 0.6) is 0 Å². The summed E-state index contributed by atoms with van der Waals surface area (Å²) in [6, 6.07) is 6.40. The summed E-state index contributed by atoms with van der Waals surface area (Å²) in [6.45, 7) is 5.26. The zero-order valence-electron chi connectivity index (χ0n) is 12.8. The summed E-state index contributed by atoms with van der Waals surface area (Å²) in [7, 11) is 0. The molecule has 0 saturated heterocycles. The third kappa shape index (κ3) is 4.34. The molecule has 1 unspecified atom stereocenters. The highest BCUT2D eigenvalue weighted by atomic mass is 32.2. The summed E-state index contributed by atoms with van der Waals surface area (Å²) in [4.78, 5) is 19.2. The number of nitrogens with zero attached hydrogens (tertiary/aromatic N) is 2.